The molecule has 0 aromatic carbocycles. The zero-order chi connectivity index (χ0) is 17.3. The van der Waals surface area contributed by atoms with Crippen molar-refractivity contribution in [1.29, 1.82) is 5.26 Å². The fraction of sp³-hybridized carbons (Fsp3) is 0.500. The maximum absolute atomic E-state index is 13.7. The molecule has 0 N–H and O–H groups in total. The Hall–Kier alpha value is -2.69. The number of hydrogen-bond donors (Lipinski definition) is 0. The number of amides is 1. The van der Waals surface area contributed by atoms with E-state index >= 15 is 0 Å². The van der Waals surface area contributed by atoms with Gasteiger partial charge < -0.3 is 9.80 Å². The van der Waals surface area contributed by atoms with Crippen LogP contribution < -0.4 is 4.90 Å². The summed E-state index contributed by atoms with van der Waals surface area (Å²) in [6, 6.07) is 5.51. The van der Waals surface area contributed by atoms with Crippen molar-refractivity contribution in [2.45, 2.75) is 25.8 Å². The summed E-state index contributed by atoms with van der Waals surface area (Å²) in [7, 11) is 1.86. The van der Waals surface area contributed by atoms with Gasteiger partial charge in [-0.25, -0.2) is 4.52 Å². The Balaban J connectivity index is 1.89. The number of hydrogen-bond acceptors (Lipinski definition) is 5. The SMILES string of the molecule is CC1CCN(C(=O)CC#N)CC1N(C)c1nc(F)nn2cccc12. The first-order valence-corrected chi connectivity index (χ1v) is 7.89. The Labute approximate surface area is 139 Å². The third kappa shape index (κ3) is 2.89. The summed E-state index contributed by atoms with van der Waals surface area (Å²) in [6.45, 7) is 3.25. The number of nitriles is 1. The van der Waals surface area contributed by atoms with Gasteiger partial charge in [0, 0.05) is 26.3 Å². The molecule has 1 amide bonds. The fourth-order valence-electron chi connectivity index (χ4n) is 3.27. The minimum atomic E-state index is -0.790. The molecule has 1 fully saturated rings. The smallest absolute Gasteiger partial charge is 0.327 e. The van der Waals surface area contributed by atoms with Crippen LogP contribution in [0.15, 0.2) is 18.3 Å². The van der Waals surface area contributed by atoms with Crippen molar-refractivity contribution in [2.75, 3.05) is 25.0 Å². The molecule has 24 heavy (non-hydrogen) atoms. The molecule has 0 radical (unpaired) electrons. The molecule has 0 bridgehead atoms. The van der Waals surface area contributed by atoms with Crippen LogP contribution in [0, 0.1) is 23.3 Å². The number of carbonyl (C=O) groups is 1. The molecule has 126 valence electrons. The van der Waals surface area contributed by atoms with Crippen LogP contribution in [0.25, 0.3) is 5.52 Å². The van der Waals surface area contributed by atoms with Crippen molar-refractivity contribution in [3.05, 3.63) is 24.4 Å². The second kappa shape index (κ2) is 6.43. The van der Waals surface area contributed by atoms with Crippen LogP contribution in [-0.2, 0) is 4.79 Å². The Morgan fingerprint density at radius 3 is 3.12 bits per heavy atom. The number of halogens is 1. The number of anilines is 1. The topological polar surface area (TPSA) is 77.5 Å². The number of carbonyl (C=O) groups excluding carboxylic acids is 1. The minimum Gasteiger partial charge on any atom is -0.353 e. The standard InChI is InChI=1S/C16H19FN6O/c1-11-6-9-22(14(24)5-7-18)10-13(11)21(2)15-12-4-3-8-23(12)20-16(17)19-15/h3-4,8,11,13H,5-6,9-10H2,1-2H3. The van der Waals surface area contributed by atoms with Crippen LogP contribution >= 0.6 is 0 Å². The van der Waals surface area contributed by atoms with Crippen LogP contribution in [0.3, 0.4) is 0 Å². The number of likely N-dealkylation sites (tertiary alicyclic amines) is 1. The predicted octanol–water partition coefficient (Wildman–Crippen LogP) is 1.46. The van der Waals surface area contributed by atoms with Crippen molar-refractivity contribution in [3.8, 4) is 6.07 Å². The average molecular weight is 330 g/mol. The molecule has 1 aliphatic rings. The molecule has 0 spiro atoms. The fourth-order valence-corrected chi connectivity index (χ4v) is 3.27. The predicted molar refractivity (Wildman–Crippen MR) is 85.7 cm³/mol. The van der Waals surface area contributed by atoms with Crippen molar-refractivity contribution < 1.29 is 9.18 Å². The summed E-state index contributed by atoms with van der Waals surface area (Å²) in [4.78, 5) is 19.6. The number of likely N-dealkylation sites (N-methyl/N-ethyl adjacent to an activating group) is 1. The number of aromatic nitrogens is 3. The van der Waals surface area contributed by atoms with Crippen LogP contribution in [0.2, 0.25) is 0 Å². The molecule has 8 heteroatoms. The number of fused-ring (bicyclic) bond motifs is 1. The van der Waals surface area contributed by atoms with Crippen molar-refractivity contribution in [1.82, 2.24) is 19.5 Å². The Kier molecular flexibility index (Phi) is 4.34. The quantitative estimate of drug-likeness (QED) is 0.851. The lowest BCUT2D eigenvalue weighted by Gasteiger charge is -2.42. The highest BCUT2D eigenvalue weighted by molar-refractivity contribution is 5.78. The van der Waals surface area contributed by atoms with E-state index in [1.165, 1.54) is 4.52 Å². The molecule has 3 rings (SSSR count). The molecule has 2 atom stereocenters. The third-order valence-corrected chi connectivity index (χ3v) is 4.68. The van der Waals surface area contributed by atoms with Crippen LogP contribution in [0.5, 0.6) is 0 Å². The highest BCUT2D eigenvalue weighted by Crippen LogP contribution is 2.27. The third-order valence-electron chi connectivity index (χ3n) is 4.68. The summed E-state index contributed by atoms with van der Waals surface area (Å²) >= 11 is 0. The number of nitrogens with zero attached hydrogens (tertiary/aromatic N) is 6. The highest BCUT2D eigenvalue weighted by Gasteiger charge is 2.32. The van der Waals surface area contributed by atoms with Crippen LogP contribution in [0.1, 0.15) is 19.8 Å². The summed E-state index contributed by atoms with van der Waals surface area (Å²) in [5, 5.41) is 12.5. The zero-order valence-electron chi connectivity index (χ0n) is 13.7. The van der Waals surface area contributed by atoms with Crippen molar-refractivity contribution >= 4 is 17.2 Å². The zero-order valence-corrected chi connectivity index (χ0v) is 13.7. The summed E-state index contributed by atoms with van der Waals surface area (Å²) in [5.41, 5.74) is 0.714. The van der Waals surface area contributed by atoms with Gasteiger partial charge in [-0.2, -0.15) is 14.6 Å². The number of piperidine rings is 1. The Morgan fingerprint density at radius 2 is 2.38 bits per heavy atom. The molecule has 0 saturated carbocycles. The molecule has 1 saturated heterocycles. The maximum Gasteiger partial charge on any atom is 0.327 e. The van der Waals surface area contributed by atoms with Gasteiger partial charge >= 0.3 is 6.08 Å². The van der Waals surface area contributed by atoms with Crippen molar-refractivity contribution in [3.63, 3.8) is 0 Å². The summed E-state index contributed by atoms with van der Waals surface area (Å²) < 4.78 is 15.2. The molecule has 7 nitrogen and oxygen atoms in total. The molecule has 2 aromatic heterocycles. The van der Waals surface area contributed by atoms with Gasteiger partial charge in [-0.3, -0.25) is 4.79 Å². The van der Waals surface area contributed by atoms with E-state index in [2.05, 4.69) is 17.0 Å². The van der Waals surface area contributed by atoms with Crippen molar-refractivity contribution in [2.24, 2.45) is 5.92 Å². The lowest BCUT2D eigenvalue weighted by molar-refractivity contribution is -0.131. The van der Waals surface area contributed by atoms with Gasteiger partial charge in [-0.15, -0.1) is 5.10 Å². The van der Waals surface area contributed by atoms with Gasteiger partial charge in [0.25, 0.3) is 0 Å². The largest absolute Gasteiger partial charge is 0.353 e. The van der Waals surface area contributed by atoms with Gasteiger partial charge in [0.15, 0.2) is 5.82 Å². The highest BCUT2D eigenvalue weighted by atomic mass is 19.1. The van der Waals surface area contributed by atoms with Gasteiger partial charge in [0.2, 0.25) is 5.91 Å². The summed E-state index contributed by atoms with van der Waals surface area (Å²) in [5.74, 6) is 0.651. The molecule has 0 aliphatic carbocycles. The first-order chi connectivity index (χ1) is 11.5. The lowest BCUT2D eigenvalue weighted by atomic mass is 9.92. The molecule has 2 aromatic rings. The van der Waals surface area contributed by atoms with E-state index in [4.69, 9.17) is 5.26 Å². The molecule has 2 unspecified atom stereocenters. The maximum atomic E-state index is 13.7. The first kappa shape index (κ1) is 16.2. The second-order valence-electron chi connectivity index (χ2n) is 6.16. The Bertz CT molecular complexity index is 797. The molecular formula is C16H19FN6O. The summed E-state index contributed by atoms with van der Waals surface area (Å²) in [6.07, 6.45) is 1.60. The molecule has 3 heterocycles. The molecular weight excluding hydrogens is 311 g/mol. The van der Waals surface area contributed by atoms with Gasteiger partial charge in [0.1, 0.15) is 11.9 Å². The Morgan fingerprint density at radius 1 is 1.58 bits per heavy atom. The second-order valence-corrected chi connectivity index (χ2v) is 6.16. The van der Waals surface area contributed by atoms with Crippen LogP contribution in [0.4, 0.5) is 10.2 Å². The normalized spacial score (nSPS) is 20.8. The monoisotopic (exact) mass is 330 g/mol. The minimum absolute atomic E-state index is 0.00519. The van der Waals surface area contributed by atoms with Gasteiger partial charge in [0.05, 0.1) is 12.1 Å². The van der Waals surface area contributed by atoms with E-state index in [1.54, 1.807) is 17.2 Å². The average Bonchev–Trinajstić information content (AvgIpc) is 3.02. The van der Waals surface area contributed by atoms with Gasteiger partial charge in [-0.1, -0.05) is 6.92 Å². The van der Waals surface area contributed by atoms with E-state index in [0.717, 1.165) is 6.42 Å². The first-order valence-electron chi connectivity index (χ1n) is 7.89. The lowest BCUT2D eigenvalue weighted by Crippen LogP contribution is -2.52. The number of rotatable bonds is 3. The molecule has 1 aliphatic heterocycles. The van der Waals surface area contributed by atoms with Gasteiger partial charge in [-0.05, 0) is 24.5 Å². The van der Waals surface area contributed by atoms with E-state index in [9.17, 15) is 9.18 Å². The van der Waals surface area contributed by atoms with E-state index in [-0.39, 0.29) is 18.4 Å². The van der Waals surface area contributed by atoms with E-state index in [0.29, 0.717) is 30.3 Å². The van der Waals surface area contributed by atoms with E-state index in [1.807, 2.05) is 24.1 Å². The van der Waals surface area contributed by atoms with E-state index < -0.39 is 6.08 Å². The van der Waals surface area contributed by atoms with Crippen LogP contribution in [-0.4, -0.2) is 51.6 Å².